The smallest absolute Gasteiger partial charge is 0.239 e. The molecule has 4 rings (SSSR count). The number of hydrogen-bond donors (Lipinski definition) is 4. The Morgan fingerprint density at radius 2 is 2.23 bits per heavy atom. The molecule has 140 valence electrons. The monoisotopic (exact) mass is 379 g/mol. The summed E-state index contributed by atoms with van der Waals surface area (Å²) in [5.41, 5.74) is 5.47. The molecule has 2 aromatic heterocycles. The molecule has 2 aliphatic rings. The minimum atomic E-state index is -3.01. The topological polar surface area (TPSA) is 155 Å². The fourth-order valence-electron chi connectivity index (χ4n) is 3.46. The fraction of sp³-hybridized carbons (Fsp3) is 0.571. The number of hydrogen-bond acceptors (Lipinski definition) is 10. The zero-order chi connectivity index (χ0) is 18.1. The van der Waals surface area contributed by atoms with E-state index in [0.717, 1.165) is 12.4 Å². The highest BCUT2D eigenvalue weighted by Gasteiger charge is 2.43. The lowest BCUT2D eigenvalue weighted by Crippen LogP contribution is -2.57. The highest BCUT2D eigenvalue weighted by molar-refractivity contribution is 7.91. The number of nitrogen functional groups attached to an aromatic ring is 1. The molecule has 2 fully saturated rings. The number of aromatic nitrogens is 5. The van der Waals surface area contributed by atoms with Gasteiger partial charge in [-0.1, -0.05) is 0 Å². The van der Waals surface area contributed by atoms with Crippen LogP contribution in [-0.4, -0.2) is 76.8 Å². The van der Waals surface area contributed by atoms with Crippen molar-refractivity contribution in [2.24, 2.45) is 0 Å². The van der Waals surface area contributed by atoms with Crippen LogP contribution >= 0.6 is 0 Å². The third kappa shape index (κ3) is 3.55. The van der Waals surface area contributed by atoms with Crippen LogP contribution in [0.15, 0.2) is 12.3 Å². The first kappa shape index (κ1) is 17.0. The molecule has 2 saturated heterocycles. The Bertz CT molecular complexity index is 884. The number of anilines is 3. The SMILES string of the molecule is Nc1n[nH]c(CCNc2nccc(N3CCN[C@H]4CS(=O)(=O)C[C@H]43)n2)n1. The normalized spacial score (nSPS) is 24.4. The van der Waals surface area contributed by atoms with Gasteiger partial charge < -0.3 is 21.3 Å². The van der Waals surface area contributed by atoms with Crippen molar-refractivity contribution in [3.8, 4) is 0 Å². The minimum absolute atomic E-state index is 0.0444. The van der Waals surface area contributed by atoms with Gasteiger partial charge >= 0.3 is 0 Å². The highest BCUT2D eigenvalue weighted by atomic mass is 32.2. The maximum Gasteiger partial charge on any atom is 0.239 e. The summed E-state index contributed by atoms with van der Waals surface area (Å²) >= 11 is 0. The third-order valence-electron chi connectivity index (χ3n) is 4.61. The molecule has 0 bridgehead atoms. The molecule has 11 nitrogen and oxygen atoms in total. The maximum atomic E-state index is 12.0. The average molecular weight is 379 g/mol. The first-order valence-electron chi connectivity index (χ1n) is 8.44. The number of fused-ring (bicyclic) bond motifs is 1. The van der Waals surface area contributed by atoms with Crippen molar-refractivity contribution in [2.45, 2.75) is 18.5 Å². The molecular formula is C14H21N9O2S. The third-order valence-corrected chi connectivity index (χ3v) is 6.33. The van der Waals surface area contributed by atoms with Crippen LogP contribution < -0.4 is 21.3 Å². The molecule has 0 saturated carbocycles. The van der Waals surface area contributed by atoms with Crippen molar-refractivity contribution >= 4 is 27.6 Å². The zero-order valence-electron chi connectivity index (χ0n) is 14.1. The lowest BCUT2D eigenvalue weighted by atomic mass is 10.1. The molecule has 0 amide bonds. The van der Waals surface area contributed by atoms with Crippen molar-refractivity contribution in [3.63, 3.8) is 0 Å². The second-order valence-corrected chi connectivity index (χ2v) is 8.61. The molecule has 0 radical (unpaired) electrons. The lowest BCUT2D eigenvalue weighted by Gasteiger charge is -2.38. The van der Waals surface area contributed by atoms with E-state index in [2.05, 4.69) is 40.7 Å². The van der Waals surface area contributed by atoms with Crippen molar-refractivity contribution < 1.29 is 8.42 Å². The van der Waals surface area contributed by atoms with Crippen molar-refractivity contribution in [1.82, 2.24) is 30.5 Å². The van der Waals surface area contributed by atoms with E-state index in [0.29, 0.717) is 31.3 Å². The molecule has 26 heavy (non-hydrogen) atoms. The summed E-state index contributed by atoms with van der Waals surface area (Å²) in [6.45, 7) is 2.01. The van der Waals surface area contributed by atoms with Gasteiger partial charge in [-0.05, 0) is 6.07 Å². The van der Waals surface area contributed by atoms with E-state index in [4.69, 9.17) is 5.73 Å². The first-order chi connectivity index (χ1) is 12.5. The largest absolute Gasteiger partial charge is 0.367 e. The summed E-state index contributed by atoms with van der Waals surface area (Å²) in [6, 6.07) is 1.68. The van der Waals surface area contributed by atoms with Crippen LogP contribution in [0.2, 0.25) is 0 Å². The predicted octanol–water partition coefficient (Wildman–Crippen LogP) is -1.59. The molecule has 2 atom stereocenters. The van der Waals surface area contributed by atoms with Gasteiger partial charge in [-0.2, -0.15) is 9.97 Å². The summed E-state index contributed by atoms with van der Waals surface area (Å²) in [6.07, 6.45) is 2.28. The number of aromatic amines is 1. The van der Waals surface area contributed by atoms with E-state index >= 15 is 0 Å². The number of rotatable bonds is 5. The molecule has 0 aliphatic carbocycles. The first-order valence-corrected chi connectivity index (χ1v) is 10.3. The van der Waals surface area contributed by atoms with Gasteiger partial charge in [0.05, 0.1) is 17.5 Å². The van der Waals surface area contributed by atoms with Gasteiger partial charge in [0.2, 0.25) is 11.9 Å². The standard InChI is InChI=1S/C14H21N9O2S/c15-13-19-11(21-22-13)1-3-17-14-18-4-2-12(20-14)23-6-5-16-9-7-26(24,25)8-10(9)23/h2,4,9-10,16H,1,3,5-8H2,(H,17,18,20)(H3,15,19,21,22)/t9-,10+/m0/s1. The van der Waals surface area contributed by atoms with Crippen molar-refractivity contribution in [3.05, 3.63) is 18.1 Å². The van der Waals surface area contributed by atoms with Crippen LogP contribution in [0.25, 0.3) is 0 Å². The molecule has 0 spiro atoms. The summed E-state index contributed by atoms with van der Waals surface area (Å²) in [5.74, 6) is 2.48. The maximum absolute atomic E-state index is 12.0. The average Bonchev–Trinajstić information content (AvgIpc) is 3.15. The minimum Gasteiger partial charge on any atom is -0.367 e. The van der Waals surface area contributed by atoms with E-state index in [1.807, 2.05) is 6.07 Å². The quantitative estimate of drug-likeness (QED) is 0.477. The van der Waals surface area contributed by atoms with Gasteiger partial charge in [-0.3, -0.25) is 5.10 Å². The Morgan fingerprint density at radius 3 is 3.04 bits per heavy atom. The molecule has 4 heterocycles. The second kappa shape index (κ2) is 6.68. The van der Waals surface area contributed by atoms with Gasteiger partial charge in [-0.25, -0.2) is 13.4 Å². The summed E-state index contributed by atoms with van der Waals surface area (Å²) in [5, 5.41) is 13.0. The van der Waals surface area contributed by atoms with E-state index in [1.54, 1.807) is 6.20 Å². The van der Waals surface area contributed by atoms with Crippen LogP contribution in [0.1, 0.15) is 5.82 Å². The number of piperazine rings is 1. The van der Waals surface area contributed by atoms with Crippen LogP contribution in [0.4, 0.5) is 17.7 Å². The lowest BCUT2D eigenvalue weighted by molar-refractivity contribution is 0.423. The van der Waals surface area contributed by atoms with E-state index in [1.165, 1.54) is 0 Å². The zero-order valence-corrected chi connectivity index (χ0v) is 14.9. The molecule has 0 unspecified atom stereocenters. The second-order valence-electron chi connectivity index (χ2n) is 6.45. The van der Waals surface area contributed by atoms with Crippen LogP contribution in [-0.2, 0) is 16.3 Å². The predicted molar refractivity (Wildman–Crippen MR) is 96.6 cm³/mol. The Hall–Kier alpha value is -2.47. The molecule has 0 aromatic carbocycles. The summed E-state index contributed by atoms with van der Waals surface area (Å²) < 4.78 is 24.0. The fourth-order valence-corrected chi connectivity index (χ4v) is 5.42. The van der Waals surface area contributed by atoms with Crippen molar-refractivity contribution in [2.75, 3.05) is 47.1 Å². The molecule has 2 aromatic rings. The number of nitrogens with zero attached hydrogens (tertiary/aromatic N) is 5. The van der Waals surface area contributed by atoms with Gasteiger partial charge in [0.25, 0.3) is 0 Å². The molecule has 2 aliphatic heterocycles. The van der Waals surface area contributed by atoms with Gasteiger partial charge in [-0.15, -0.1) is 5.10 Å². The molecular weight excluding hydrogens is 358 g/mol. The Kier molecular flexibility index (Phi) is 4.36. The number of nitrogens with one attached hydrogen (secondary N) is 3. The van der Waals surface area contributed by atoms with E-state index < -0.39 is 9.84 Å². The van der Waals surface area contributed by atoms with Crippen LogP contribution in [0.5, 0.6) is 0 Å². The Balaban J connectivity index is 1.43. The van der Waals surface area contributed by atoms with E-state index in [-0.39, 0.29) is 29.5 Å². The van der Waals surface area contributed by atoms with Gasteiger partial charge in [0.1, 0.15) is 11.6 Å². The Labute approximate surface area is 150 Å². The summed E-state index contributed by atoms with van der Waals surface area (Å²) in [4.78, 5) is 14.9. The van der Waals surface area contributed by atoms with Gasteiger partial charge in [0.15, 0.2) is 9.84 Å². The number of sulfone groups is 1. The number of H-pyrrole nitrogens is 1. The molecule has 12 heteroatoms. The summed E-state index contributed by atoms with van der Waals surface area (Å²) in [7, 11) is -3.01. The van der Waals surface area contributed by atoms with Crippen molar-refractivity contribution in [1.29, 1.82) is 0 Å². The Morgan fingerprint density at radius 1 is 1.35 bits per heavy atom. The van der Waals surface area contributed by atoms with Crippen LogP contribution in [0, 0.1) is 0 Å². The molecule has 5 N–H and O–H groups in total. The highest BCUT2D eigenvalue weighted by Crippen LogP contribution is 2.25. The van der Waals surface area contributed by atoms with Crippen LogP contribution in [0.3, 0.4) is 0 Å². The van der Waals surface area contributed by atoms with E-state index in [9.17, 15) is 8.42 Å². The number of nitrogens with two attached hydrogens (primary N) is 1. The van der Waals surface area contributed by atoms with Gasteiger partial charge in [0, 0.05) is 38.3 Å².